The van der Waals surface area contributed by atoms with Crippen molar-refractivity contribution in [2.75, 3.05) is 58.3 Å². The number of nitrogens with zero attached hydrogens (tertiary/aromatic N) is 4. The highest BCUT2D eigenvalue weighted by Gasteiger charge is 2.22. The number of piperazine rings is 1. The van der Waals surface area contributed by atoms with Gasteiger partial charge in [0.15, 0.2) is 0 Å². The Morgan fingerprint density at radius 1 is 1.32 bits per heavy atom. The number of rotatable bonds is 6. The molecule has 2 rings (SSSR count). The van der Waals surface area contributed by atoms with Gasteiger partial charge in [0.1, 0.15) is 17.3 Å². The normalized spacial score (nSPS) is 15.9. The number of amides is 1. The molecule has 1 N–H and O–H groups in total. The van der Waals surface area contributed by atoms with Crippen LogP contribution in [-0.2, 0) is 4.74 Å². The van der Waals surface area contributed by atoms with Crippen molar-refractivity contribution in [3.63, 3.8) is 0 Å². The van der Waals surface area contributed by atoms with Crippen LogP contribution in [-0.4, -0.2) is 78.7 Å². The van der Waals surface area contributed by atoms with E-state index in [1.165, 1.54) is 0 Å². The number of methoxy groups -OCH3 is 1. The minimum atomic E-state index is -0.0176. The molecule has 1 fully saturated rings. The van der Waals surface area contributed by atoms with E-state index in [1.54, 1.807) is 20.1 Å². The van der Waals surface area contributed by atoms with E-state index in [2.05, 4.69) is 27.1 Å². The Bertz CT molecular complexity index is 501. The van der Waals surface area contributed by atoms with Crippen LogP contribution in [0.5, 0.6) is 0 Å². The maximum absolute atomic E-state index is 12.6. The van der Waals surface area contributed by atoms with Crippen LogP contribution in [0.25, 0.3) is 0 Å². The molecule has 22 heavy (non-hydrogen) atoms. The molecule has 122 valence electrons. The Hall–Kier alpha value is -1.73. The van der Waals surface area contributed by atoms with Crippen LogP contribution in [0.1, 0.15) is 23.2 Å². The van der Waals surface area contributed by atoms with Crippen LogP contribution < -0.4 is 5.32 Å². The summed E-state index contributed by atoms with van der Waals surface area (Å²) < 4.78 is 5.00. The fourth-order valence-electron chi connectivity index (χ4n) is 2.48. The molecule has 0 unspecified atom stereocenters. The topological polar surface area (TPSA) is 70.6 Å². The Labute approximate surface area is 131 Å². The van der Waals surface area contributed by atoms with Gasteiger partial charge in [-0.1, -0.05) is 6.92 Å². The number of ether oxygens (including phenoxy) is 1. The van der Waals surface area contributed by atoms with Gasteiger partial charge in [-0.2, -0.15) is 0 Å². The van der Waals surface area contributed by atoms with Gasteiger partial charge < -0.3 is 19.9 Å². The summed E-state index contributed by atoms with van der Waals surface area (Å²) in [7, 11) is 1.65. The van der Waals surface area contributed by atoms with Gasteiger partial charge in [-0.3, -0.25) is 4.79 Å². The second-order valence-corrected chi connectivity index (χ2v) is 5.33. The minimum absolute atomic E-state index is 0.0176. The van der Waals surface area contributed by atoms with Crippen LogP contribution in [0, 0.1) is 6.92 Å². The first-order valence-corrected chi connectivity index (χ1v) is 7.74. The molecule has 7 nitrogen and oxygen atoms in total. The standard InChI is InChI=1S/C15H25N5O2/c1-4-19-6-8-20(9-7-19)15(21)13-11-14(16-5-10-22-3)18-12(2)17-13/h11H,4-10H2,1-3H3,(H,16,17,18). The summed E-state index contributed by atoms with van der Waals surface area (Å²) in [6, 6.07) is 1.72. The van der Waals surface area contributed by atoms with E-state index < -0.39 is 0 Å². The zero-order chi connectivity index (χ0) is 15.9. The number of carbonyl (C=O) groups excluding carboxylic acids is 1. The van der Waals surface area contributed by atoms with Crippen molar-refractivity contribution in [3.05, 3.63) is 17.6 Å². The highest BCUT2D eigenvalue weighted by molar-refractivity contribution is 5.93. The first-order valence-electron chi connectivity index (χ1n) is 7.74. The van der Waals surface area contributed by atoms with E-state index in [4.69, 9.17) is 4.74 Å². The molecule has 1 saturated heterocycles. The van der Waals surface area contributed by atoms with Crippen molar-refractivity contribution < 1.29 is 9.53 Å². The molecule has 1 amide bonds. The van der Waals surface area contributed by atoms with Crippen LogP contribution in [0.4, 0.5) is 5.82 Å². The van der Waals surface area contributed by atoms with E-state index in [-0.39, 0.29) is 5.91 Å². The molecule has 1 aromatic rings. The minimum Gasteiger partial charge on any atom is -0.383 e. The molecule has 0 spiro atoms. The fraction of sp³-hybridized carbons (Fsp3) is 0.667. The number of aromatic nitrogens is 2. The van der Waals surface area contributed by atoms with Gasteiger partial charge in [0, 0.05) is 45.9 Å². The molecule has 0 bridgehead atoms. The second kappa shape index (κ2) is 8.05. The van der Waals surface area contributed by atoms with Crippen LogP contribution in [0.15, 0.2) is 6.07 Å². The number of carbonyl (C=O) groups is 1. The van der Waals surface area contributed by atoms with Gasteiger partial charge in [-0.05, 0) is 13.5 Å². The predicted octanol–water partition coefficient (Wildman–Crippen LogP) is 0.621. The van der Waals surface area contributed by atoms with Crippen molar-refractivity contribution in [1.82, 2.24) is 19.8 Å². The summed E-state index contributed by atoms with van der Waals surface area (Å²) in [6.07, 6.45) is 0. The highest BCUT2D eigenvalue weighted by Crippen LogP contribution is 2.11. The van der Waals surface area contributed by atoms with Gasteiger partial charge in [-0.25, -0.2) is 9.97 Å². The molecule has 2 heterocycles. The fourth-order valence-corrected chi connectivity index (χ4v) is 2.48. The SMILES string of the molecule is CCN1CCN(C(=O)c2cc(NCCOC)nc(C)n2)CC1. The quantitative estimate of drug-likeness (QED) is 0.777. The van der Waals surface area contributed by atoms with E-state index in [9.17, 15) is 4.79 Å². The lowest BCUT2D eigenvalue weighted by Gasteiger charge is -2.33. The highest BCUT2D eigenvalue weighted by atomic mass is 16.5. The summed E-state index contributed by atoms with van der Waals surface area (Å²) in [5.41, 5.74) is 0.456. The van der Waals surface area contributed by atoms with Crippen LogP contribution in [0.2, 0.25) is 0 Å². The zero-order valence-corrected chi connectivity index (χ0v) is 13.6. The van der Waals surface area contributed by atoms with E-state index in [1.807, 2.05) is 4.90 Å². The first-order chi connectivity index (χ1) is 10.6. The van der Waals surface area contributed by atoms with Gasteiger partial charge in [0.2, 0.25) is 0 Å². The lowest BCUT2D eigenvalue weighted by molar-refractivity contribution is 0.0637. The number of nitrogens with one attached hydrogen (secondary N) is 1. The molecular weight excluding hydrogens is 282 g/mol. The van der Waals surface area contributed by atoms with E-state index >= 15 is 0 Å². The molecule has 0 radical (unpaired) electrons. The lowest BCUT2D eigenvalue weighted by atomic mass is 10.2. The third-order valence-electron chi connectivity index (χ3n) is 3.78. The Balaban J connectivity index is 2.02. The third-order valence-corrected chi connectivity index (χ3v) is 3.78. The van der Waals surface area contributed by atoms with Crippen molar-refractivity contribution >= 4 is 11.7 Å². The molecule has 1 aromatic heterocycles. The van der Waals surface area contributed by atoms with Crippen LogP contribution in [0.3, 0.4) is 0 Å². The second-order valence-electron chi connectivity index (χ2n) is 5.33. The number of aryl methyl sites for hydroxylation is 1. The van der Waals surface area contributed by atoms with Crippen molar-refractivity contribution in [2.45, 2.75) is 13.8 Å². The molecule has 0 atom stereocenters. The van der Waals surface area contributed by atoms with E-state index in [0.29, 0.717) is 30.5 Å². The number of likely N-dealkylation sites (N-methyl/N-ethyl adjacent to an activating group) is 1. The van der Waals surface area contributed by atoms with Crippen molar-refractivity contribution in [2.24, 2.45) is 0 Å². The number of hydrogen-bond donors (Lipinski definition) is 1. The molecule has 1 aliphatic heterocycles. The Morgan fingerprint density at radius 2 is 2.05 bits per heavy atom. The van der Waals surface area contributed by atoms with Gasteiger partial charge in [0.05, 0.1) is 6.61 Å². The monoisotopic (exact) mass is 307 g/mol. The smallest absolute Gasteiger partial charge is 0.272 e. The molecule has 0 aliphatic carbocycles. The van der Waals surface area contributed by atoms with Gasteiger partial charge in [-0.15, -0.1) is 0 Å². The maximum atomic E-state index is 12.6. The van der Waals surface area contributed by atoms with E-state index in [0.717, 1.165) is 32.7 Å². The van der Waals surface area contributed by atoms with Crippen LogP contribution >= 0.6 is 0 Å². The molecular formula is C15H25N5O2. The summed E-state index contributed by atoms with van der Waals surface area (Å²) in [5.74, 6) is 1.24. The van der Waals surface area contributed by atoms with Gasteiger partial charge >= 0.3 is 0 Å². The number of hydrogen-bond acceptors (Lipinski definition) is 6. The number of anilines is 1. The van der Waals surface area contributed by atoms with Gasteiger partial charge in [0.25, 0.3) is 5.91 Å². The molecule has 7 heteroatoms. The van der Waals surface area contributed by atoms with Crippen molar-refractivity contribution in [3.8, 4) is 0 Å². The molecule has 0 aromatic carbocycles. The average Bonchev–Trinajstić information content (AvgIpc) is 2.54. The Morgan fingerprint density at radius 3 is 2.68 bits per heavy atom. The average molecular weight is 307 g/mol. The summed E-state index contributed by atoms with van der Waals surface area (Å²) in [6.45, 7) is 9.56. The lowest BCUT2D eigenvalue weighted by Crippen LogP contribution is -2.48. The summed E-state index contributed by atoms with van der Waals surface area (Å²) >= 11 is 0. The third kappa shape index (κ3) is 4.38. The molecule has 0 saturated carbocycles. The van der Waals surface area contributed by atoms with Crippen molar-refractivity contribution in [1.29, 1.82) is 0 Å². The summed E-state index contributed by atoms with van der Waals surface area (Å²) in [4.78, 5) is 25.4. The first kappa shape index (κ1) is 16.6. The zero-order valence-electron chi connectivity index (χ0n) is 13.6. The maximum Gasteiger partial charge on any atom is 0.272 e. The largest absolute Gasteiger partial charge is 0.383 e. The summed E-state index contributed by atoms with van der Waals surface area (Å²) in [5, 5.41) is 3.15. The Kier molecular flexibility index (Phi) is 6.09. The predicted molar refractivity (Wildman–Crippen MR) is 85.2 cm³/mol. The molecule has 1 aliphatic rings.